The number of hydrogen-bond acceptors (Lipinski definition) is 3. The van der Waals surface area contributed by atoms with Gasteiger partial charge in [0.05, 0.1) is 28.4 Å². The third kappa shape index (κ3) is 3.18. The van der Waals surface area contributed by atoms with Crippen LogP contribution in [0.25, 0.3) is 0 Å². The Hall–Kier alpha value is -5.09. The van der Waals surface area contributed by atoms with Gasteiger partial charge in [0.25, 0.3) is 0 Å². The van der Waals surface area contributed by atoms with Crippen LogP contribution in [-0.2, 0) is 25.2 Å². The molecule has 2 aliphatic carbocycles. The second-order valence-electron chi connectivity index (χ2n) is 11.9. The molecule has 208 valence electrons. The van der Waals surface area contributed by atoms with Crippen LogP contribution in [0, 0.1) is 11.8 Å². The molecule has 4 heteroatoms. The highest BCUT2D eigenvalue weighted by Gasteiger charge is 2.86. The molecule has 0 N–H and O–H groups in total. The Balaban J connectivity index is 1.53. The highest BCUT2D eigenvalue weighted by molar-refractivity contribution is 6.30. The predicted octanol–water partition coefficient (Wildman–Crippen LogP) is 6.83. The molecule has 2 amide bonds. The number of benzene rings is 5. The van der Waals surface area contributed by atoms with Crippen LogP contribution < -0.4 is 4.90 Å². The van der Waals surface area contributed by atoms with E-state index in [0.717, 1.165) is 22.3 Å². The minimum Gasteiger partial charge on any atom is -0.298 e. The van der Waals surface area contributed by atoms with E-state index in [1.165, 1.54) is 4.90 Å². The van der Waals surface area contributed by atoms with Crippen LogP contribution in [0.3, 0.4) is 0 Å². The summed E-state index contributed by atoms with van der Waals surface area (Å²) in [6.07, 6.45) is 0. The highest BCUT2D eigenvalue weighted by atomic mass is 16.2. The number of anilines is 1. The normalized spacial score (nSPS) is 29.2. The van der Waals surface area contributed by atoms with Crippen molar-refractivity contribution >= 4 is 23.3 Å². The molecule has 1 heterocycles. The van der Waals surface area contributed by atoms with Gasteiger partial charge in [-0.3, -0.25) is 14.4 Å². The summed E-state index contributed by atoms with van der Waals surface area (Å²) < 4.78 is 0. The first-order valence-corrected chi connectivity index (χ1v) is 14.8. The minimum atomic E-state index is -1.26. The molecule has 4 nitrogen and oxygen atoms in total. The van der Waals surface area contributed by atoms with Crippen LogP contribution in [0.15, 0.2) is 152 Å². The van der Waals surface area contributed by atoms with Crippen LogP contribution >= 0.6 is 0 Å². The van der Waals surface area contributed by atoms with Crippen LogP contribution in [-0.4, -0.2) is 17.6 Å². The molecule has 2 saturated carbocycles. The lowest BCUT2D eigenvalue weighted by Gasteiger charge is -2.46. The summed E-state index contributed by atoms with van der Waals surface area (Å²) in [6, 6.07) is 48.9. The molecular formula is C39H29NO3. The van der Waals surface area contributed by atoms with E-state index in [1.54, 1.807) is 12.1 Å². The van der Waals surface area contributed by atoms with Crippen LogP contribution in [0.5, 0.6) is 0 Å². The number of rotatable bonds is 5. The van der Waals surface area contributed by atoms with E-state index in [2.05, 4.69) is 24.3 Å². The average molecular weight is 560 g/mol. The first-order chi connectivity index (χ1) is 21.1. The number of ketones is 1. The third-order valence-corrected chi connectivity index (χ3v) is 10.2. The zero-order valence-electron chi connectivity index (χ0n) is 23.4. The number of amides is 2. The first-order valence-electron chi connectivity index (χ1n) is 14.8. The lowest BCUT2D eigenvalue weighted by molar-refractivity contribution is -0.131. The number of carbonyl (C=O) groups is 3. The Labute approximate surface area is 250 Å². The molecule has 2 bridgehead atoms. The number of hydrogen-bond donors (Lipinski definition) is 0. The van der Waals surface area contributed by atoms with Crippen molar-refractivity contribution in [2.75, 3.05) is 4.90 Å². The maximum Gasteiger partial charge on any atom is 0.239 e. The van der Waals surface area contributed by atoms with Crippen LogP contribution in [0.4, 0.5) is 5.69 Å². The Morgan fingerprint density at radius 2 is 0.721 bits per heavy atom. The van der Waals surface area contributed by atoms with Gasteiger partial charge in [-0.15, -0.1) is 0 Å². The maximum atomic E-state index is 15.8. The van der Waals surface area contributed by atoms with Crippen molar-refractivity contribution in [1.82, 2.24) is 0 Å². The number of imide groups is 1. The van der Waals surface area contributed by atoms with Gasteiger partial charge >= 0.3 is 0 Å². The van der Waals surface area contributed by atoms with Gasteiger partial charge in [-0.2, -0.15) is 0 Å². The smallest absolute Gasteiger partial charge is 0.239 e. The third-order valence-electron chi connectivity index (χ3n) is 10.2. The van der Waals surface area contributed by atoms with Gasteiger partial charge in [-0.05, 0) is 34.4 Å². The largest absolute Gasteiger partial charge is 0.298 e. The number of nitrogens with zero attached hydrogens (tertiary/aromatic N) is 1. The Bertz CT molecular complexity index is 1730. The SMILES string of the molecule is O=C1[C@H]2[C@H](C(=O)N1c1ccccc1)[C@]1(c3ccccc3)C(=O)[C@]2(c2ccccc2)[C@H](c2ccccc2)[C@H]1c1ccccc1. The average Bonchev–Trinajstić information content (AvgIpc) is 3.59. The second-order valence-corrected chi connectivity index (χ2v) is 11.9. The van der Waals surface area contributed by atoms with E-state index in [4.69, 9.17) is 0 Å². The van der Waals surface area contributed by atoms with Gasteiger partial charge in [0.2, 0.25) is 11.8 Å². The molecule has 6 atom stereocenters. The van der Waals surface area contributed by atoms with Crippen molar-refractivity contribution < 1.29 is 14.4 Å². The minimum absolute atomic E-state index is 0.0375. The van der Waals surface area contributed by atoms with Gasteiger partial charge in [0.15, 0.2) is 5.78 Å². The van der Waals surface area contributed by atoms with Crippen molar-refractivity contribution in [1.29, 1.82) is 0 Å². The van der Waals surface area contributed by atoms with E-state index in [0.29, 0.717) is 5.69 Å². The lowest BCUT2D eigenvalue weighted by atomic mass is 9.52. The summed E-state index contributed by atoms with van der Waals surface area (Å²) in [4.78, 5) is 46.9. The summed E-state index contributed by atoms with van der Waals surface area (Å²) in [7, 11) is 0. The molecule has 5 aromatic rings. The second kappa shape index (κ2) is 9.47. The molecule has 0 radical (unpaired) electrons. The molecule has 0 spiro atoms. The van der Waals surface area contributed by atoms with E-state index >= 15 is 4.79 Å². The fourth-order valence-electron chi connectivity index (χ4n) is 8.88. The lowest BCUT2D eigenvalue weighted by Crippen LogP contribution is -2.49. The molecule has 0 unspecified atom stereocenters. The fraction of sp³-hybridized carbons (Fsp3) is 0.154. The summed E-state index contributed by atoms with van der Waals surface area (Å²) in [5.41, 5.74) is 1.57. The molecule has 8 rings (SSSR count). The van der Waals surface area contributed by atoms with Gasteiger partial charge in [-0.1, -0.05) is 140 Å². The number of Topliss-reactive ketones (excluding diaryl/α,β-unsaturated/α-hetero) is 1. The quantitative estimate of drug-likeness (QED) is 0.222. The molecule has 0 aromatic heterocycles. The monoisotopic (exact) mass is 559 g/mol. The summed E-state index contributed by atoms with van der Waals surface area (Å²) in [5.74, 6) is -3.14. The van der Waals surface area contributed by atoms with Crippen molar-refractivity contribution in [2.45, 2.75) is 22.7 Å². The maximum absolute atomic E-state index is 15.8. The van der Waals surface area contributed by atoms with Crippen molar-refractivity contribution in [2.24, 2.45) is 11.8 Å². The molecule has 5 aromatic carbocycles. The molecular weight excluding hydrogens is 530 g/mol. The Morgan fingerprint density at radius 3 is 1.09 bits per heavy atom. The van der Waals surface area contributed by atoms with Gasteiger partial charge in [-0.25, -0.2) is 4.90 Å². The van der Waals surface area contributed by atoms with Crippen LogP contribution in [0.2, 0.25) is 0 Å². The van der Waals surface area contributed by atoms with Crippen molar-refractivity contribution in [3.8, 4) is 0 Å². The summed E-state index contributed by atoms with van der Waals surface area (Å²) >= 11 is 0. The van der Waals surface area contributed by atoms with E-state index in [9.17, 15) is 9.59 Å². The zero-order chi connectivity index (χ0) is 29.2. The Kier molecular flexibility index (Phi) is 5.64. The van der Waals surface area contributed by atoms with Gasteiger partial charge < -0.3 is 0 Å². The molecule has 1 aliphatic heterocycles. The number of carbonyl (C=O) groups excluding carboxylic acids is 3. The highest BCUT2D eigenvalue weighted by Crippen LogP contribution is 2.77. The summed E-state index contributed by atoms with van der Waals surface area (Å²) in [6.45, 7) is 0. The molecule has 1 saturated heterocycles. The fourth-order valence-corrected chi connectivity index (χ4v) is 8.88. The molecule has 3 fully saturated rings. The topological polar surface area (TPSA) is 54.5 Å². The Morgan fingerprint density at radius 1 is 0.395 bits per heavy atom. The van der Waals surface area contributed by atoms with Crippen molar-refractivity contribution in [3.05, 3.63) is 174 Å². The summed E-state index contributed by atoms with van der Waals surface area (Å²) in [5, 5.41) is 0. The first kappa shape index (κ1) is 25.6. The standard InChI is InChI=1S/C39H29NO3/c41-35-33-34(36(42)40(35)30-24-14-5-15-25-30)39(29-22-12-4-13-23-29)32(27-18-8-2-9-19-27)31(26-16-6-1-7-17-26)38(33,37(39)43)28-20-10-3-11-21-28/h1-25,31-34H/t31-,32-,33-,34-,38-,39-/m1/s1. The van der Waals surface area contributed by atoms with E-state index in [-0.39, 0.29) is 29.4 Å². The van der Waals surface area contributed by atoms with Gasteiger partial charge in [0.1, 0.15) is 0 Å². The van der Waals surface area contributed by atoms with Crippen molar-refractivity contribution in [3.63, 3.8) is 0 Å². The van der Waals surface area contributed by atoms with Gasteiger partial charge in [0, 0.05) is 11.8 Å². The van der Waals surface area contributed by atoms with E-state index < -0.39 is 22.7 Å². The molecule has 43 heavy (non-hydrogen) atoms. The van der Waals surface area contributed by atoms with E-state index in [1.807, 2.05) is 115 Å². The van der Waals surface area contributed by atoms with Crippen LogP contribution in [0.1, 0.15) is 34.1 Å². The molecule has 3 aliphatic rings. The predicted molar refractivity (Wildman–Crippen MR) is 166 cm³/mol. The number of fused-ring (bicyclic) bond motifs is 5. The zero-order valence-corrected chi connectivity index (χ0v) is 23.4. The number of para-hydroxylation sites is 1.